The smallest absolute Gasteiger partial charge is 0.407 e. The predicted molar refractivity (Wildman–Crippen MR) is 112 cm³/mol. The summed E-state index contributed by atoms with van der Waals surface area (Å²) >= 11 is 0. The van der Waals surface area contributed by atoms with Gasteiger partial charge in [0.25, 0.3) is 0 Å². The average Bonchev–Trinajstić information content (AvgIpc) is 2.61. The maximum Gasteiger partial charge on any atom is 0.407 e. The Morgan fingerprint density at radius 3 is 2.38 bits per heavy atom. The summed E-state index contributed by atoms with van der Waals surface area (Å²) < 4.78 is 5.39. The van der Waals surface area contributed by atoms with Crippen molar-refractivity contribution in [3.05, 3.63) is 0 Å². The fourth-order valence-electron chi connectivity index (χ4n) is 4.32. The van der Waals surface area contributed by atoms with Gasteiger partial charge in [-0.2, -0.15) is 0 Å². The summed E-state index contributed by atoms with van der Waals surface area (Å²) in [5.41, 5.74) is -0.821. The predicted octanol–water partition coefficient (Wildman–Crippen LogP) is 3.32. The minimum absolute atomic E-state index is 0.0537. The van der Waals surface area contributed by atoms with Crippen LogP contribution in [0.2, 0.25) is 0 Å². The molecule has 0 aromatic carbocycles. The third-order valence-electron chi connectivity index (χ3n) is 5.80. The van der Waals surface area contributed by atoms with Gasteiger partial charge in [-0.15, -0.1) is 0 Å². The lowest BCUT2D eigenvalue weighted by Crippen LogP contribution is -2.60. The van der Waals surface area contributed by atoms with Gasteiger partial charge < -0.3 is 19.9 Å². The molecular formula is C22H39N3O4. The Hall–Kier alpha value is -1.79. The number of hydrogen-bond acceptors (Lipinski definition) is 4. The number of carbonyl (C=O) groups excluding carboxylic acids is 3. The second-order valence-corrected chi connectivity index (χ2v) is 10.1. The highest BCUT2D eigenvalue weighted by Crippen LogP contribution is 2.31. The second-order valence-electron chi connectivity index (χ2n) is 10.1. The molecule has 0 radical (unpaired) electrons. The monoisotopic (exact) mass is 409 g/mol. The van der Waals surface area contributed by atoms with Gasteiger partial charge in [-0.05, 0) is 52.9 Å². The van der Waals surface area contributed by atoms with Crippen LogP contribution < -0.4 is 5.32 Å². The van der Waals surface area contributed by atoms with Crippen molar-refractivity contribution in [3.8, 4) is 0 Å². The molecular weight excluding hydrogens is 370 g/mol. The number of nitrogens with one attached hydrogen (secondary N) is 1. The first kappa shape index (κ1) is 23.5. The molecule has 2 heterocycles. The van der Waals surface area contributed by atoms with E-state index in [1.54, 1.807) is 4.90 Å². The van der Waals surface area contributed by atoms with Crippen LogP contribution in [0.4, 0.5) is 4.79 Å². The molecule has 2 rings (SSSR count). The molecule has 7 heteroatoms. The number of ether oxygens (including phenoxy) is 1. The Labute approximate surface area is 175 Å². The van der Waals surface area contributed by atoms with Crippen LogP contribution in [0.5, 0.6) is 0 Å². The lowest BCUT2D eigenvalue weighted by molar-refractivity contribution is -0.150. The van der Waals surface area contributed by atoms with E-state index < -0.39 is 11.7 Å². The number of rotatable bonds is 4. The molecule has 29 heavy (non-hydrogen) atoms. The molecule has 0 aromatic rings. The van der Waals surface area contributed by atoms with E-state index in [9.17, 15) is 14.4 Å². The van der Waals surface area contributed by atoms with Crippen LogP contribution in [0, 0.1) is 5.41 Å². The lowest BCUT2D eigenvalue weighted by Gasteiger charge is -2.46. The molecule has 2 aliphatic rings. The zero-order valence-electron chi connectivity index (χ0n) is 19.0. The van der Waals surface area contributed by atoms with Gasteiger partial charge in [0, 0.05) is 37.5 Å². The van der Waals surface area contributed by atoms with E-state index in [0.29, 0.717) is 32.5 Å². The van der Waals surface area contributed by atoms with Gasteiger partial charge in [-0.25, -0.2) is 4.79 Å². The Kier molecular flexibility index (Phi) is 7.57. The average molecular weight is 410 g/mol. The molecule has 2 fully saturated rings. The van der Waals surface area contributed by atoms with Crippen LogP contribution in [0.1, 0.15) is 80.1 Å². The summed E-state index contributed by atoms with van der Waals surface area (Å²) in [7, 11) is 0. The zero-order chi connectivity index (χ0) is 21.8. The third-order valence-corrected chi connectivity index (χ3v) is 5.80. The molecule has 0 aromatic heterocycles. The van der Waals surface area contributed by atoms with Gasteiger partial charge in [-0.1, -0.05) is 20.8 Å². The Bertz CT molecular complexity index is 612. The summed E-state index contributed by atoms with van der Waals surface area (Å²) in [5, 5.41) is 2.98. The molecule has 7 nitrogen and oxygen atoms in total. The van der Waals surface area contributed by atoms with Gasteiger partial charge in [0.15, 0.2) is 0 Å². The van der Waals surface area contributed by atoms with Crippen LogP contribution in [0.25, 0.3) is 0 Å². The van der Waals surface area contributed by atoms with E-state index in [2.05, 4.69) is 19.2 Å². The second kappa shape index (κ2) is 9.35. The number of nitrogens with zero attached hydrogens (tertiary/aromatic N) is 2. The molecule has 0 saturated carbocycles. The summed E-state index contributed by atoms with van der Waals surface area (Å²) in [6.07, 6.45) is 4.23. The molecule has 2 atom stereocenters. The van der Waals surface area contributed by atoms with Crippen molar-refractivity contribution in [2.75, 3.05) is 19.6 Å². The van der Waals surface area contributed by atoms with Crippen molar-refractivity contribution in [2.24, 2.45) is 5.41 Å². The van der Waals surface area contributed by atoms with Crippen molar-refractivity contribution in [2.45, 2.75) is 97.8 Å². The number of amides is 3. The van der Waals surface area contributed by atoms with E-state index in [-0.39, 0.29) is 29.3 Å². The van der Waals surface area contributed by atoms with Gasteiger partial charge in [-0.3, -0.25) is 9.59 Å². The van der Waals surface area contributed by atoms with Crippen LogP contribution in [0.3, 0.4) is 0 Å². The van der Waals surface area contributed by atoms with Crippen LogP contribution in [-0.2, 0) is 14.3 Å². The van der Waals surface area contributed by atoms with Gasteiger partial charge in [0.1, 0.15) is 11.6 Å². The molecule has 1 N–H and O–H groups in total. The Balaban J connectivity index is 2.01. The SMILES string of the molecule is CCCC(=O)N1CCCC[C@H]1C(=O)N1CC[C@@H](NC(=O)OC(C)(C)C)C(C)(C)C1. The maximum absolute atomic E-state index is 13.3. The van der Waals surface area contributed by atoms with Crippen LogP contribution >= 0.6 is 0 Å². The summed E-state index contributed by atoms with van der Waals surface area (Å²) in [6, 6.07) is -0.403. The molecule has 0 bridgehead atoms. The van der Waals surface area contributed by atoms with Crippen molar-refractivity contribution < 1.29 is 19.1 Å². The number of hydrogen-bond donors (Lipinski definition) is 1. The Morgan fingerprint density at radius 1 is 1.10 bits per heavy atom. The van der Waals surface area contributed by atoms with Crippen molar-refractivity contribution in [1.82, 2.24) is 15.1 Å². The van der Waals surface area contributed by atoms with E-state index in [1.165, 1.54) is 0 Å². The lowest BCUT2D eigenvalue weighted by atomic mass is 9.78. The zero-order valence-corrected chi connectivity index (χ0v) is 19.0. The van der Waals surface area contributed by atoms with E-state index >= 15 is 0 Å². The standard InChI is InChI=1S/C22H39N3O4/c1-7-10-18(26)25-13-9-8-11-16(25)19(27)24-14-12-17(22(5,6)15-24)23-20(28)29-21(2,3)4/h16-17H,7-15H2,1-6H3,(H,23,28)/t16-,17+/m0/s1. The van der Waals surface area contributed by atoms with Crippen LogP contribution in [0.15, 0.2) is 0 Å². The fourth-order valence-corrected chi connectivity index (χ4v) is 4.32. The minimum atomic E-state index is -0.541. The summed E-state index contributed by atoms with van der Waals surface area (Å²) in [6.45, 7) is 13.5. The van der Waals surface area contributed by atoms with E-state index in [1.807, 2.05) is 32.6 Å². The molecule has 0 spiro atoms. The number of alkyl carbamates (subject to hydrolysis) is 1. The first-order valence-electron chi connectivity index (χ1n) is 11.0. The van der Waals surface area contributed by atoms with E-state index in [4.69, 9.17) is 4.74 Å². The number of piperidine rings is 2. The van der Waals surface area contributed by atoms with Gasteiger partial charge in [0.2, 0.25) is 11.8 Å². The summed E-state index contributed by atoms with van der Waals surface area (Å²) in [4.78, 5) is 41.7. The van der Waals surface area contributed by atoms with Gasteiger partial charge in [0.05, 0.1) is 0 Å². The first-order chi connectivity index (χ1) is 13.4. The molecule has 2 saturated heterocycles. The molecule has 2 aliphatic heterocycles. The molecule has 0 aliphatic carbocycles. The molecule has 166 valence electrons. The molecule has 3 amide bonds. The fraction of sp³-hybridized carbons (Fsp3) is 0.864. The van der Waals surface area contributed by atoms with Crippen molar-refractivity contribution >= 4 is 17.9 Å². The van der Waals surface area contributed by atoms with Crippen LogP contribution in [-0.4, -0.2) is 65.0 Å². The normalized spacial score (nSPS) is 24.8. The minimum Gasteiger partial charge on any atom is -0.444 e. The summed E-state index contributed by atoms with van der Waals surface area (Å²) in [5.74, 6) is 0.143. The highest BCUT2D eigenvalue weighted by Gasteiger charge is 2.42. The third kappa shape index (κ3) is 6.34. The highest BCUT2D eigenvalue weighted by molar-refractivity contribution is 5.88. The quantitative estimate of drug-likeness (QED) is 0.772. The number of carbonyl (C=O) groups is 3. The highest BCUT2D eigenvalue weighted by atomic mass is 16.6. The van der Waals surface area contributed by atoms with Gasteiger partial charge >= 0.3 is 6.09 Å². The largest absolute Gasteiger partial charge is 0.444 e. The molecule has 0 unspecified atom stereocenters. The maximum atomic E-state index is 13.3. The number of likely N-dealkylation sites (tertiary alicyclic amines) is 2. The first-order valence-corrected chi connectivity index (χ1v) is 11.0. The van der Waals surface area contributed by atoms with Crippen molar-refractivity contribution in [3.63, 3.8) is 0 Å². The Morgan fingerprint density at radius 2 is 1.79 bits per heavy atom. The van der Waals surface area contributed by atoms with E-state index in [0.717, 1.165) is 25.7 Å². The topological polar surface area (TPSA) is 79.0 Å². The van der Waals surface area contributed by atoms with Crippen molar-refractivity contribution in [1.29, 1.82) is 0 Å².